The Balaban J connectivity index is 4.64. The summed E-state index contributed by atoms with van der Waals surface area (Å²) in [5.41, 5.74) is 10.8. The zero-order valence-corrected chi connectivity index (χ0v) is 21.7. The Morgan fingerprint density at radius 3 is 2.09 bits per heavy atom. The third-order valence-corrected chi connectivity index (χ3v) is 5.20. The molecule has 0 unspecified atom stereocenters. The van der Waals surface area contributed by atoms with Gasteiger partial charge in [-0.15, -0.1) is 0 Å². The van der Waals surface area contributed by atoms with Crippen LogP contribution in [0.1, 0.15) is 66.7 Å². The van der Waals surface area contributed by atoms with E-state index >= 15 is 0 Å². The predicted octanol–water partition coefficient (Wildman–Crippen LogP) is 1.26. The molecule has 3 atom stereocenters. The highest BCUT2D eigenvalue weighted by Crippen LogP contribution is 2.09. The number of alkyl carbamates (subject to hydrolysis) is 1. The lowest BCUT2D eigenvalue weighted by Gasteiger charge is -2.24. The first-order chi connectivity index (χ1) is 15.3. The molecule has 33 heavy (non-hydrogen) atoms. The molecule has 7 N–H and O–H groups in total. The van der Waals surface area contributed by atoms with Crippen molar-refractivity contribution < 1.29 is 23.9 Å². The Kier molecular flexibility index (Phi) is 14.8. The number of hydrogen-bond acceptors (Lipinski definition) is 7. The molecule has 0 aromatic heterocycles. The first kappa shape index (κ1) is 31.0. The van der Waals surface area contributed by atoms with E-state index < -0.39 is 47.5 Å². The normalized spacial score (nSPS) is 14.2. The summed E-state index contributed by atoms with van der Waals surface area (Å²) in [6, 6.07) is -2.39. The Labute approximate surface area is 202 Å². The average molecular weight is 490 g/mol. The maximum Gasteiger partial charge on any atom is 0.407 e. The topological polar surface area (TPSA) is 166 Å². The van der Waals surface area contributed by atoms with E-state index in [0.717, 1.165) is 0 Å². The second kappa shape index (κ2) is 15.8. The van der Waals surface area contributed by atoms with Crippen molar-refractivity contribution in [2.75, 3.05) is 18.6 Å². The van der Waals surface area contributed by atoms with E-state index in [0.29, 0.717) is 44.4 Å². The van der Waals surface area contributed by atoms with Crippen molar-refractivity contribution in [3.63, 3.8) is 0 Å². The zero-order chi connectivity index (χ0) is 25.6. The molecule has 0 aromatic rings. The first-order valence-electron chi connectivity index (χ1n) is 11.4. The van der Waals surface area contributed by atoms with Gasteiger partial charge in [0, 0.05) is 6.54 Å². The molecule has 0 fully saturated rings. The van der Waals surface area contributed by atoms with Crippen LogP contribution in [0.25, 0.3) is 0 Å². The van der Waals surface area contributed by atoms with Gasteiger partial charge in [0.05, 0.1) is 6.04 Å². The molecule has 10 nitrogen and oxygen atoms in total. The van der Waals surface area contributed by atoms with E-state index in [4.69, 9.17) is 16.2 Å². The van der Waals surface area contributed by atoms with Gasteiger partial charge in [-0.2, -0.15) is 11.8 Å². The quantitative estimate of drug-likeness (QED) is 0.216. The molecule has 0 rings (SSSR count). The number of nitrogens with one attached hydrogen (secondary N) is 3. The fourth-order valence-electron chi connectivity index (χ4n) is 2.90. The predicted molar refractivity (Wildman–Crippen MR) is 132 cm³/mol. The van der Waals surface area contributed by atoms with Crippen LogP contribution >= 0.6 is 11.8 Å². The third-order valence-electron chi connectivity index (χ3n) is 4.56. The van der Waals surface area contributed by atoms with Gasteiger partial charge in [-0.1, -0.05) is 13.8 Å². The van der Waals surface area contributed by atoms with Crippen LogP contribution in [0.3, 0.4) is 0 Å². The van der Waals surface area contributed by atoms with Crippen molar-refractivity contribution in [2.45, 2.75) is 90.4 Å². The van der Waals surface area contributed by atoms with Crippen LogP contribution in [0.4, 0.5) is 4.79 Å². The van der Waals surface area contributed by atoms with E-state index in [1.807, 2.05) is 20.1 Å². The van der Waals surface area contributed by atoms with Crippen LogP contribution < -0.4 is 27.4 Å². The Morgan fingerprint density at radius 1 is 0.970 bits per heavy atom. The van der Waals surface area contributed by atoms with Crippen molar-refractivity contribution in [1.29, 1.82) is 0 Å². The summed E-state index contributed by atoms with van der Waals surface area (Å²) in [6.07, 6.45) is 3.88. The SMILES string of the molecule is CSCC[C@H](NC(=O)[C@H](CC(C)C)NC(=O)[C@H](N)CCCCNC(=O)OC(C)(C)C)C(N)=O. The minimum Gasteiger partial charge on any atom is -0.444 e. The first-order valence-corrected chi connectivity index (χ1v) is 12.8. The highest BCUT2D eigenvalue weighted by Gasteiger charge is 2.27. The number of carbonyl (C=O) groups excluding carboxylic acids is 4. The molecule has 0 saturated carbocycles. The standard InChI is InChI=1S/C22H43N5O5S/c1-14(2)13-17(20(30)26-16(18(24)28)10-12-33-6)27-19(29)15(23)9-7-8-11-25-21(31)32-22(3,4)5/h14-17H,7-13,23H2,1-6H3,(H2,24,28)(H,25,31)(H,26,30)(H,27,29)/t15-,16+,17+/m1/s1. The number of ether oxygens (including phenoxy) is 1. The number of nitrogens with two attached hydrogens (primary N) is 2. The lowest BCUT2D eigenvalue weighted by molar-refractivity contribution is -0.132. The summed E-state index contributed by atoms with van der Waals surface area (Å²) in [5.74, 6) is -0.688. The molecule has 0 aliphatic heterocycles. The lowest BCUT2D eigenvalue weighted by Crippen LogP contribution is -2.55. The van der Waals surface area contributed by atoms with Gasteiger partial charge in [-0.05, 0) is 70.8 Å². The van der Waals surface area contributed by atoms with Crippen LogP contribution in [0.2, 0.25) is 0 Å². The van der Waals surface area contributed by atoms with Gasteiger partial charge < -0.3 is 32.2 Å². The van der Waals surface area contributed by atoms with Crippen molar-refractivity contribution >= 4 is 35.6 Å². The maximum atomic E-state index is 12.7. The van der Waals surface area contributed by atoms with Crippen LogP contribution in [0.15, 0.2) is 0 Å². The smallest absolute Gasteiger partial charge is 0.407 e. The number of hydrogen-bond donors (Lipinski definition) is 5. The lowest BCUT2D eigenvalue weighted by atomic mass is 10.0. The van der Waals surface area contributed by atoms with Gasteiger partial charge in [-0.25, -0.2) is 4.79 Å². The monoisotopic (exact) mass is 489 g/mol. The fraction of sp³-hybridized carbons (Fsp3) is 0.818. The van der Waals surface area contributed by atoms with Crippen LogP contribution in [0.5, 0.6) is 0 Å². The van der Waals surface area contributed by atoms with E-state index in [2.05, 4.69) is 16.0 Å². The van der Waals surface area contributed by atoms with Crippen LogP contribution in [0, 0.1) is 5.92 Å². The molecule has 0 aliphatic carbocycles. The van der Waals surface area contributed by atoms with Gasteiger partial charge in [-0.3, -0.25) is 14.4 Å². The molecule has 0 radical (unpaired) electrons. The molecule has 192 valence electrons. The van der Waals surface area contributed by atoms with Crippen molar-refractivity contribution in [1.82, 2.24) is 16.0 Å². The molecule has 0 aromatic carbocycles. The maximum absolute atomic E-state index is 12.7. The Hall–Kier alpha value is -2.01. The molecule has 0 saturated heterocycles. The molecular formula is C22H43N5O5S. The summed E-state index contributed by atoms with van der Waals surface area (Å²) in [7, 11) is 0. The minimum absolute atomic E-state index is 0.134. The Morgan fingerprint density at radius 2 is 1.58 bits per heavy atom. The summed E-state index contributed by atoms with van der Waals surface area (Å²) >= 11 is 1.55. The zero-order valence-electron chi connectivity index (χ0n) is 20.9. The van der Waals surface area contributed by atoms with Crippen LogP contribution in [-0.4, -0.2) is 66.1 Å². The number of primary amides is 1. The number of amides is 4. The van der Waals surface area contributed by atoms with Crippen molar-refractivity contribution in [3.8, 4) is 0 Å². The molecule has 0 aliphatic rings. The van der Waals surface area contributed by atoms with Gasteiger partial charge in [0.15, 0.2) is 0 Å². The van der Waals surface area contributed by atoms with E-state index in [1.165, 1.54) is 0 Å². The van der Waals surface area contributed by atoms with Gasteiger partial charge in [0.1, 0.15) is 17.7 Å². The minimum atomic E-state index is -0.812. The molecule has 0 spiro atoms. The van der Waals surface area contributed by atoms with Crippen molar-refractivity contribution in [2.24, 2.45) is 17.4 Å². The van der Waals surface area contributed by atoms with Crippen LogP contribution in [-0.2, 0) is 19.1 Å². The molecular weight excluding hydrogens is 446 g/mol. The number of thioether (sulfide) groups is 1. The number of carbonyl (C=O) groups is 4. The molecule has 0 heterocycles. The van der Waals surface area contributed by atoms with E-state index in [-0.39, 0.29) is 5.92 Å². The summed E-state index contributed by atoms with van der Waals surface area (Å²) in [4.78, 5) is 48.6. The summed E-state index contributed by atoms with van der Waals surface area (Å²) in [5, 5.41) is 8.02. The van der Waals surface area contributed by atoms with E-state index in [9.17, 15) is 19.2 Å². The average Bonchev–Trinajstić information content (AvgIpc) is 2.67. The molecule has 0 bridgehead atoms. The molecule has 4 amide bonds. The second-order valence-electron chi connectivity index (χ2n) is 9.47. The van der Waals surface area contributed by atoms with Crippen molar-refractivity contribution in [3.05, 3.63) is 0 Å². The fourth-order valence-corrected chi connectivity index (χ4v) is 3.37. The van der Waals surface area contributed by atoms with Gasteiger partial charge >= 0.3 is 6.09 Å². The second-order valence-corrected chi connectivity index (χ2v) is 10.5. The summed E-state index contributed by atoms with van der Waals surface area (Å²) < 4.78 is 5.16. The Bertz CT molecular complexity index is 639. The highest BCUT2D eigenvalue weighted by atomic mass is 32.2. The third kappa shape index (κ3) is 15.5. The summed E-state index contributed by atoms with van der Waals surface area (Å²) in [6.45, 7) is 9.64. The number of unbranched alkanes of at least 4 members (excludes halogenated alkanes) is 1. The highest BCUT2D eigenvalue weighted by molar-refractivity contribution is 7.98. The number of rotatable bonds is 15. The van der Waals surface area contributed by atoms with E-state index in [1.54, 1.807) is 32.5 Å². The van der Waals surface area contributed by atoms with Gasteiger partial charge in [0.2, 0.25) is 17.7 Å². The van der Waals surface area contributed by atoms with Gasteiger partial charge in [0.25, 0.3) is 0 Å². The largest absolute Gasteiger partial charge is 0.444 e. The molecule has 11 heteroatoms.